The summed E-state index contributed by atoms with van der Waals surface area (Å²) in [6, 6.07) is 8.51. The third-order valence-electron chi connectivity index (χ3n) is 5.99. The van der Waals surface area contributed by atoms with E-state index in [2.05, 4.69) is 9.97 Å². The molecule has 2 aromatic heterocycles. The molecule has 2 aliphatic heterocycles. The van der Waals surface area contributed by atoms with Gasteiger partial charge in [0.15, 0.2) is 9.84 Å². The zero-order chi connectivity index (χ0) is 22.5. The van der Waals surface area contributed by atoms with Crippen LogP contribution in [0, 0.1) is 11.8 Å². The van der Waals surface area contributed by atoms with Crippen molar-refractivity contribution in [2.24, 2.45) is 11.8 Å². The summed E-state index contributed by atoms with van der Waals surface area (Å²) in [6.45, 7) is 1.60. The van der Waals surface area contributed by atoms with Crippen molar-refractivity contribution in [3.8, 4) is 11.7 Å². The van der Waals surface area contributed by atoms with E-state index in [-0.39, 0.29) is 22.8 Å². The highest BCUT2D eigenvalue weighted by atomic mass is 32.2. The molecule has 32 heavy (non-hydrogen) atoms. The topological polar surface area (TPSA) is 124 Å². The predicted molar refractivity (Wildman–Crippen MR) is 114 cm³/mol. The fourth-order valence-corrected chi connectivity index (χ4v) is 5.12. The van der Waals surface area contributed by atoms with Crippen LogP contribution in [-0.4, -0.2) is 77.7 Å². The maximum atomic E-state index is 11.8. The second-order valence-electron chi connectivity index (χ2n) is 8.22. The van der Waals surface area contributed by atoms with Gasteiger partial charge in [-0.25, -0.2) is 23.2 Å². The van der Waals surface area contributed by atoms with Gasteiger partial charge in [0, 0.05) is 48.8 Å². The van der Waals surface area contributed by atoms with Gasteiger partial charge in [-0.3, -0.25) is 0 Å². The summed E-state index contributed by atoms with van der Waals surface area (Å²) in [5.41, 5.74) is 0.807. The molecule has 11 heteroatoms. The van der Waals surface area contributed by atoms with Gasteiger partial charge in [-0.1, -0.05) is 0 Å². The zero-order valence-corrected chi connectivity index (χ0v) is 18.1. The Hall–Kier alpha value is -3.18. The maximum absolute atomic E-state index is 11.8. The average Bonchev–Trinajstić information content (AvgIpc) is 3.16. The van der Waals surface area contributed by atoms with Crippen molar-refractivity contribution in [2.45, 2.75) is 11.0 Å². The largest absolute Gasteiger partial charge is 0.473 e. The number of sulfone groups is 1. The number of carboxylic acid groups (broad SMARTS) is 1. The van der Waals surface area contributed by atoms with Crippen LogP contribution in [0.1, 0.15) is 0 Å². The lowest BCUT2D eigenvalue weighted by Crippen LogP contribution is -2.58. The molecule has 0 radical (unpaired) electrons. The first-order chi connectivity index (χ1) is 15.3. The number of hydrogen-bond acceptors (Lipinski definition) is 7. The number of amides is 1. The number of ether oxygens (including phenoxy) is 2. The lowest BCUT2D eigenvalue weighted by molar-refractivity contribution is -0.108. The second-order valence-corrected chi connectivity index (χ2v) is 10.2. The van der Waals surface area contributed by atoms with Crippen LogP contribution in [0.25, 0.3) is 16.7 Å². The van der Waals surface area contributed by atoms with Crippen molar-refractivity contribution in [3.63, 3.8) is 0 Å². The predicted octanol–water partition coefficient (Wildman–Crippen LogP) is 1.83. The minimum Gasteiger partial charge on any atom is -0.473 e. The van der Waals surface area contributed by atoms with E-state index >= 15 is 0 Å². The molecule has 5 rings (SSSR count). The second kappa shape index (κ2) is 7.75. The molecule has 0 spiro atoms. The Bertz CT molecular complexity index is 1280. The van der Waals surface area contributed by atoms with Gasteiger partial charge in [-0.2, -0.15) is 0 Å². The molecule has 2 saturated heterocycles. The smallest absolute Gasteiger partial charge is 0.407 e. The molecule has 10 nitrogen and oxygen atoms in total. The molecule has 1 aromatic carbocycles. The molecule has 3 atom stereocenters. The number of aromatic nitrogens is 3. The maximum Gasteiger partial charge on any atom is 0.407 e. The minimum absolute atomic E-state index is 0.0705. The minimum atomic E-state index is -3.29. The van der Waals surface area contributed by atoms with Crippen molar-refractivity contribution in [3.05, 3.63) is 42.9 Å². The highest BCUT2D eigenvalue weighted by molar-refractivity contribution is 7.90. The Kier molecular flexibility index (Phi) is 5.01. The first-order valence-electron chi connectivity index (χ1n) is 10.2. The normalized spacial score (nSPS) is 23.3. The lowest BCUT2D eigenvalue weighted by atomic mass is 9.85. The average molecular weight is 458 g/mol. The van der Waals surface area contributed by atoms with Gasteiger partial charge in [0.2, 0.25) is 5.88 Å². The molecule has 3 aromatic rings. The Balaban J connectivity index is 1.42. The molecule has 168 valence electrons. The summed E-state index contributed by atoms with van der Waals surface area (Å²) in [5, 5.41) is 10.1. The molecule has 2 bridgehead atoms. The van der Waals surface area contributed by atoms with E-state index in [4.69, 9.17) is 9.47 Å². The van der Waals surface area contributed by atoms with E-state index in [1.54, 1.807) is 24.3 Å². The van der Waals surface area contributed by atoms with Gasteiger partial charge in [0.1, 0.15) is 18.2 Å². The molecule has 2 fully saturated rings. The van der Waals surface area contributed by atoms with Crippen LogP contribution in [0.4, 0.5) is 4.79 Å². The summed E-state index contributed by atoms with van der Waals surface area (Å²) in [6.07, 6.45) is 3.29. The molecular weight excluding hydrogens is 436 g/mol. The Morgan fingerprint density at radius 3 is 2.59 bits per heavy atom. The highest BCUT2D eigenvalue weighted by Crippen LogP contribution is 2.31. The first-order valence-corrected chi connectivity index (χ1v) is 12.0. The Morgan fingerprint density at radius 2 is 1.91 bits per heavy atom. The fourth-order valence-electron chi connectivity index (χ4n) is 4.46. The van der Waals surface area contributed by atoms with Gasteiger partial charge >= 0.3 is 6.09 Å². The Labute approximate surface area is 184 Å². The number of fused-ring (bicyclic) bond motifs is 3. The molecule has 1 amide bonds. The summed E-state index contributed by atoms with van der Waals surface area (Å²) in [4.78, 5) is 21.7. The number of piperidine rings is 1. The standard InChI is InChI=1S/C21H22N4O6S/c1-32(28,29)16-2-3-17-13(6-16)4-5-25(17)18-7-19(23-12-22-18)31-20-14-8-24(21(26)27)9-15(20)11-30-10-14/h2-7,12,14-15,20H,8-11H2,1H3,(H,26,27)/t14-,15+,20?. The summed E-state index contributed by atoms with van der Waals surface area (Å²) >= 11 is 0. The molecule has 1 unspecified atom stereocenters. The van der Waals surface area contributed by atoms with Gasteiger partial charge in [0.25, 0.3) is 0 Å². The molecule has 1 N–H and O–H groups in total. The van der Waals surface area contributed by atoms with E-state index in [1.165, 1.54) is 17.5 Å². The van der Waals surface area contributed by atoms with Crippen LogP contribution >= 0.6 is 0 Å². The number of likely N-dealkylation sites (tertiary alicyclic amines) is 1. The molecule has 0 saturated carbocycles. The summed E-state index contributed by atoms with van der Waals surface area (Å²) in [5.74, 6) is 0.842. The van der Waals surface area contributed by atoms with E-state index in [1.807, 2.05) is 16.8 Å². The lowest BCUT2D eigenvalue weighted by Gasteiger charge is -2.45. The van der Waals surface area contributed by atoms with E-state index < -0.39 is 15.9 Å². The molecule has 4 heterocycles. The third-order valence-corrected chi connectivity index (χ3v) is 7.10. The summed E-state index contributed by atoms with van der Waals surface area (Å²) < 4.78 is 37.4. The number of nitrogens with zero attached hydrogens (tertiary/aromatic N) is 4. The molecule has 0 aliphatic carbocycles. The van der Waals surface area contributed by atoms with E-state index in [0.717, 1.165) is 10.9 Å². The van der Waals surface area contributed by atoms with Crippen LogP contribution < -0.4 is 4.74 Å². The number of carbonyl (C=O) groups is 1. The van der Waals surface area contributed by atoms with Crippen molar-refractivity contribution in [1.29, 1.82) is 0 Å². The third kappa shape index (κ3) is 3.78. The Morgan fingerprint density at radius 1 is 1.16 bits per heavy atom. The summed E-state index contributed by atoms with van der Waals surface area (Å²) in [7, 11) is -3.29. The number of rotatable bonds is 4. The first kappa shape index (κ1) is 20.7. The van der Waals surface area contributed by atoms with Crippen LogP contribution in [-0.2, 0) is 14.6 Å². The van der Waals surface area contributed by atoms with Crippen LogP contribution in [0.5, 0.6) is 5.88 Å². The van der Waals surface area contributed by atoms with Crippen molar-refractivity contribution >= 4 is 26.8 Å². The highest BCUT2D eigenvalue weighted by Gasteiger charge is 2.43. The fraction of sp³-hybridized carbons (Fsp3) is 0.381. The van der Waals surface area contributed by atoms with Crippen LogP contribution in [0.15, 0.2) is 47.8 Å². The van der Waals surface area contributed by atoms with E-state index in [9.17, 15) is 18.3 Å². The SMILES string of the molecule is CS(=O)(=O)c1ccc2c(ccn2-c2cc(OC3[C@@H]4COC[C@H]3CN(C(=O)O)C4)ncn2)c1. The van der Waals surface area contributed by atoms with Gasteiger partial charge in [0.05, 0.1) is 23.6 Å². The monoisotopic (exact) mass is 458 g/mol. The van der Waals surface area contributed by atoms with Crippen molar-refractivity contribution in [1.82, 2.24) is 19.4 Å². The van der Waals surface area contributed by atoms with Crippen LogP contribution in [0.3, 0.4) is 0 Å². The number of hydrogen-bond donors (Lipinski definition) is 1. The quantitative estimate of drug-likeness (QED) is 0.628. The van der Waals surface area contributed by atoms with E-state index in [0.29, 0.717) is 38.0 Å². The molecule has 2 aliphatic rings. The molecular formula is C21H22N4O6S. The van der Waals surface area contributed by atoms with Crippen LogP contribution in [0.2, 0.25) is 0 Å². The van der Waals surface area contributed by atoms with Gasteiger partial charge in [-0.15, -0.1) is 0 Å². The zero-order valence-electron chi connectivity index (χ0n) is 17.3. The van der Waals surface area contributed by atoms with Crippen molar-refractivity contribution < 1.29 is 27.8 Å². The number of benzene rings is 1. The van der Waals surface area contributed by atoms with Gasteiger partial charge in [-0.05, 0) is 24.3 Å². The van der Waals surface area contributed by atoms with Crippen molar-refractivity contribution in [2.75, 3.05) is 32.6 Å². The van der Waals surface area contributed by atoms with Gasteiger partial charge < -0.3 is 24.0 Å².